The van der Waals surface area contributed by atoms with Crippen molar-refractivity contribution >= 4 is 34.2 Å². The van der Waals surface area contributed by atoms with Gasteiger partial charge in [0.2, 0.25) is 11.5 Å². The van der Waals surface area contributed by atoms with Gasteiger partial charge in [0.15, 0.2) is 5.13 Å². The molecule has 0 aliphatic carbocycles. The highest BCUT2D eigenvalue weighted by molar-refractivity contribution is 7.17. The molecule has 0 amide bonds. The van der Waals surface area contributed by atoms with Gasteiger partial charge in [0, 0.05) is 37.9 Å². The van der Waals surface area contributed by atoms with E-state index in [9.17, 15) is 14.4 Å². The van der Waals surface area contributed by atoms with E-state index in [1.807, 2.05) is 44.2 Å². The zero-order valence-electron chi connectivity index (χ0n) is 21.0. The van der Waals surface area contributed by atoms with E-state index < -0.39 is 18.2 Å². The third kappa shape index (κ3) is 6.41. The van der Waals surface area contributed by atoms with Gasteiger partial charge in [-0.15, -0.1) is 0 Å². The SMILES string of the molecule is CC(=O)OCC1OC(CNc2ncc(C(=O)c3cc(-c4ccccc4)no3)s2)C(OC(C)=O)C(C)C1C. The Morgan fingerprint density at radius 3 is 2.51 bits per heavy atom. The Morgan fingerprint density at radius 2 is 1.81 bits per heavy atom. The van der Waals surface area contributed by atoms with Gasteiger partial charge >= 0.3 is 11.9 Å². The minimum absolute atomic E-state index is 0.00767. The number of nitrogens with one attached hydrogen (secondary N) is 1. The van der Waals surface area contributed by atoms with Gasteiger partial charge in [-0.1, -0.05) is 60.7 Å². The summed E-state index contributed by atoms with van der Waals surface area (Å²) in [5.41, 5.74) is 1.42. The highest BCUT2D eigenvalue weighted by Crippen LogP contribution is 2.34. The fourth-order valence-corrected chi connectivity index (χ4v) is 5.00. The van der Waals surface area contributed by atoms with E-state index in [2.05, 4.69) is 15.5 Å². The molecule has 196 valence electrons. The monoisotopic (exact) mass is 527 g/mol. The maximum atomic E-state index is 12.9. The van der Waals surface area contributed by atoms with Crippen molar-refractivity contribution in [3.05, 3.63) is 53.2 Å². The molecule has 10 nitrogen and oxygen atoms in total. The largest absolute Gasteiger partial charge is 0.463 e. The van der Waals surface area contributed by atoms with Crippen LogP contribution in [0.2, 0.25) is 0 Å². The topological polar surface area (TPSA) is 130 Å². The Bertz CT molecular complexity index is 1240. The van der Waals surface area contributed by atoms with Crippen LogP contribution < -0.4 is 5.32 Å². The zero-order chi connectivity index (χ0) is 26.5. The Balaban J connectivity index is 1.42. The molecule has 5 atom stereocenters. The van der Waals surface area contributed by atoms with Crippen molar-refractivity contribution in [2.24, 2.45) is 11.8 Å². The Kier molecular flexibility index (Phi) is 8.34. The summed E-state index contributed by atoms with van der Waals surface area (Å²) in [4.78, 5) is 40.7. The summed E-state index contributed by atoms with van der Waals surface area (Å²) < 4.78 is 22.2. The number of carbonyl (C=O) groups is 3. The summed E-state index contributed by atoms with van der Waals surface area (Å²) in [6, 6.07) is 11.0. The van der Waals surface area contributed by atoms with E-state index in [1.165, 1.54) is 31.4 Å². The average Bonchev–Trinajstić information content (AvgIpc) is 3.56. The van der Waals surface area contributed by atoms with E-state index in [1.54, 1.807) is 6.07 Å². The number of rotatable bonds is 9. The molecule has 0 spiro atoms. The highest BCUT2D eigenvalue weighted by atomic mass is 32.1. The maximum Gasteiger partial charge on any atom is 0.303 e. The molecule has 3 aromatic rings. The molecule has 4 rings (SSSR count). The number of ketones is 1. The van der Waals surface area contributed by atoms with Crippen molar-refractivity contribution in [2.75, 3.05) is 18.5 Å². The van der Waals surface area contributed by atoms with E-state index in [0.717, 1.165) is 5.56 Å². The minimum atomic E-state index is -0.513. The molecule has 37 heavy (non-hydrogen) atoms. The number of hydrogen-bond donors (Lipinski definition) is 1. The van der Waals surface area contributed by atoms with Crippen LogP contribution in [0, 0.1) is 11.8 Å². The van der Waals surface area contributed by atoms with Crippen molar-refractivity contribution in [3.8, 4) is 11.3 Å². The summed E-state index contributed by atoms with van der Waals surface area (Å²) in [5.74, 6) is -1.04. The summed E-state index contributed by atoms with van der Waals surface area (Å²) in [6.07, 6.45) is 0.109. The van der Waals surface area contributed by atoms with Gasteiger partial charge in [0.05, 0.1) is 12.3 Å². The number of benzene rings is 1. The van der Waals surface area contributed by atoms with Crippen LogP contribution in [-0.4, -0.2) is 59.3 Å². The van der Waals surface area contributed by atoms with Crippen LogP contribution in [0.5, 0.6) is 0 Å². The molecule has 1 N–H and O–H groups in total. The second kappa shape index (κ2) is 11.7. The van der Waals surface area contributed by atoms with Crippen molar-refractivity contribution in [2.45, 2.75) is 46.0 Å². The number of hydrogen-bond acceptors (Lipinski definition) is 11. The number of esters is 2. The third-order valence-corrected chi connectivity index (χ3v) is 7.34. The summed E-state index contributed by atoms with van der Waals surface area (Å²) >= 11 is 1.17. The van der Waals surface area contributed by atoms with Gasteiger partial charge in [-0.2, -0.15) is 0 Å². The maximum absolute atomic E-state index is 12.9. The molecule has 1 aromatic carbocycles. The number of anilines is 1. The Morgan fingerprint density at radius 1 is 1.05 bits per heavy atom. The van der Waals surface area contributed by atoms with Crippen LogP contribution in [-0.2, 0) is 23.8 Å². The number of thiazole rings is 1. The first-order chi connectivity index (χ1) is 17.7. The van der Waals surface area contributed by atoms with Gasteiger partial charge in [-0.05, 0) is 5.92 Å². The molecule has 1 saturated heterocycles. The lowest BCUT2D eigenvalue weighted by Gasteiger charge is -2.44. The number of aromatic nitrogens is 2. The van der Waals surface area contributed by atoms with Crippen LogP contribution in [0.3, 0.4) is 0 Å². The highest BCUT2D eigenvalue weighted by Gasteiger charge is 2.43. The van der Waals surface area contributed by atoms with Gasteiger partial charge < -0.3 is 24.1 Å². The number of ether oxygens (including phenoxy) is 3. The fourth-order valence-electron chi connectivity index (χ4n) is 4.23. The molecule has 1 aliphatic rings. The fraction of sp³-hybridized carbons (Fsp3) is 0.423. The van der Waals surface area contributed by atoms with E-state index in [-0.39, 0.29) is 48.6 Å². The summed E-state index contributed by atoms with van der Waals surface area (Å²) in [5, 5.41) is 7.68. The van der Waals surface area contributed by atoms with Crippen LogP contribution in [0.25, 0.3) is 11.3 Å². The first kappa shape index (κ1) is 26.5. The molecule has 5 unspecified atom stereocenters. The molecule has 11 heteroatoms. The Labute approximate surface area is 218 Å². The predicted molar refractivity (Wildman–Crippen MR) is 135 cm³/mol. The van der Waals surface area contributed by atoms with Crippen LogP contribution >= 0.6 is 11.3 Å². The first-order valence-electron chi connectivity index (χ1n) is 12.0. The zero-order valence-corrected chi connectivity index (χ0v) is 21.8. The van der Waals surface area contributed by atoms with Gasteiger partial charge in [0.25, 0.3) is 0 Å². The summed E-state index contributed by atoms with van der Waals surface area (Å²) in [7, 11) is 0. The van der Waals surface area contributed by atoms with E-state index in [0.29, 0.717) is 15.7 Å². The number of carbonyl (C=O) groups excluding carboxylic acids is 3. The van der Waals surface area contributed by atoms with Crippen LogP contribution in [0.15, 0.2) is 47.1 Å². The average molecular weight is 528 g/mol. The predicted octanol–water partition coefficient (Wildman–Crippen LogP) is 3.98. The minimum Gasteiger partial charge on any atom is -0.463 e. The standard InChI is InChI=1S/C26H29N3O7S/c1-14-15(2)25(34-17(4)31)21(35-22(14)13-33-16(3)30)11-27-26-28-12-23(37-26)24(32)20-10-19(29-36-20)18-8-6-5-7-9-18/h5-10,12,14-15,21-22,25H,11,13H2,1-4H3,(H,27,28). The normalized spacial score (nSPS) is 23.3. The second-order valence-corrected chi connectivity index (χ2v) is 10.0. The molecule has 1 fully saturated rings. The van der Waals surface area contributed by atoms with Crippen LogP contribution in [0.4, 0.5) is 5.13 Å². The first-order valence-corrected chi connectivity index (χ1v) is 12.8. The smallest absolute Gasteiger partial charge is 0.303 e. The van der Waals surface area contributed by atoms with Crippen molar-refractivity contribution in [1.29, 1.82) is 0 Å². The molecule has 0 saturated carbocycles. The third-order valence-electron chi connectivity index (χ3n) is 6.39. The molecule has 2 aromatic heterocycles. The Hall–Kier alpha value is -3.57. The lowest BCUT2D eigenvalue weighted by Crippen LogP contribution is -2.54. The van der Waals surface area contributed by atoms with Gasteiger partial charge in [-0.25, -0.2) is 4.98 Å². The quantitative estimate of drug-likeness (QED) is 0.322. The molecule has 3 heterocycles. The van der Waals surface area contributed by atoms with Crippen LogP contribution in [0.1, 0.15) is 43.1 Å². The van der Waals surface area contributed by atoms with Gasteiger partial charge in [-0.3, -0.25) is 14.4 Å². The van der Waals surface area contributed by atoms with Gasteiger partial charge in [0.1, 0.15) is 29.4 Å². The summed E-state index contributed by atoms with van der Waals surface area (Å²) in [6.45, 7) is 7.05. The lowest BCUT2D eigenvalue weighted by molar-refractivity contribution is -0.200. The molecule has 1 aliphatic heterocycles. The van der Waals surface area contributed by atoms with Crippen molar-refractivity contribution < 1.29 is 33.1 Å². The molecule has 0 radical (unpaired) electrons. The molecule has 0 bridgehead atoms. The van der Waals surface area contributed by atoms with Crippen molar-refractivity contribution in [1.82, 2.24) is 10.1 Å². The van der Waals surface area contributed by atoms with Crippen molar-refractivity contribution in [3.63, 3.8) is 0 Å². The van der Waals surface area contributed by atoms with E-state index >= 15 is 0 Å². The van der Waals surface area contributed by atoms with E-state index in [4.69, 9.17) is 18.7 Å². The molecular weight excluding hydrogens is 498 g/mol. The lowest BCUT2D eigenvalue weighted by atomic mass is 9.81. The number of nitrogens with zero attached hydrogens (tertiary/aromatic N) is 2. The molecular formula is C26H29N3O7S. The second-order valence-electron chi connectivity index (χ2n) is 8.99.